The van der Waals surface area contributed by atoms with Crippen LogP contribution in [-0.2, 0) is 4.79 Å². The van der Waals surface area contributed by atoms with Gasteiger partial charge in [-0.15, -0.1) is 0 Å². The Morgan fingerprint density at radius 3 is 2.83 bits per heavy atom. The Kier molecular flexibility index (Phi) is 4.50. The molecule has 0 aliphatic carbocycles. The van der Waals surface area contributed by atoms with Crippen molar-refractivity contribution in [2.45, 2.75) is 26.3 Å². The number of nitrogens with two attached hydrogens (primary N) is 2. The van der Waals surface area contributed by atoms with Crippen LogP contribution < -0.4 is 21.1 Å². The fraction of sp³-hybridized carbons (Fsp3) is 0.286. The van der Waals surface area contributed by atoms with Crippen molar-refractivity contribution in [1.82, 2.24) is 15.0 Å². The molecule has 0 radical (unpaired) electrons. The molecule has 1 aliphatic heterocycles. The molecule has 0 spiro atoms. The van der Waals surface area contributed by atoms with E-state index in [2.05, 4.69) is 15.0 Å². The zero-order valence-electron chi connectivity index (χ0n) is 16.7. The molecule has 3 heterocycles. The molecule has 4 rings (SSSR count). The number of nitrogen functional groups attached to an aromatic ring is 1. The highest BCUT2D eigenvalue weighted by Crippen LogP contribution is 2.39. The first-order valence-corrected chi connectivity index (χ1v) is 9.40. The molecule has 0 bridgehead atoms. The van der Waals surface area contributed by atoms with Crippen LogP contribution in [0, 0.1) is 6.92 Å². The number of pyridine rings is 1. The van der Waals surface area contributed by atoms with Gasteiger partial charge in [-0.25, -0.2) is 4.98 Å². The number of aromatic amines is 1. The lowest BCUT2D eigenvalue weighted by atomic mass is 10.0. The SMILES string of the molecule is Cc1cnccc1-c1[nH]c(N)nc1-c1ccc2c(c1)N(C(=O)C(C)(C)N)CCO2. The number of imidazole rings is 1. The zero-order valence-corrected chi connectivity index (χ0v) is 16.7. The van der Waals surface area contributed by atoms with Crippen LogP contribution in [0.2, 0.25) is 0 Å². The molecule has 0 unspecified atom stereocenters. The van der Waals surface area contributed by atoms with Gasteiger partial charge < -0.3 is 26.1 Å². The first kappa shape index (κ1) is 18.9. The Morgan fingerprint density at radius 1 is 1.31 bits per heavy atom. The van der Waals surface area contributed by atoms with Crippen molar-refractivity contribution in [2.75, 3.05) is 23.8 Å². The van der Waals surface area contributed by atoms with E-state index in [0.29, 0.717) is 36.2 Å². The second-order valence-corrected chi connectivity index (χ2v) is 7.75. The van der Waals surface area contributed by atoms with Gasteiger partial charge in [-0.2, -0.15) is 0 Å². The van der Waals surface area contributed by atoms with Crippen LogP contribution >= 0.6 is 0 Å². The molecular formula is C21H24N6O2. The zero-order chi connectivity index (χ0) is 20.8. The highest BCUT2D eigenvalue weighted by Gasteiger charge is 2.32. The number of anilines is 2. The number of rotatable bonds is 3. The Morgan fingerprint density at radius 2 is 2.10 bits per heavy atom. The number of nitrogens with zero attached hydrogens (tertiary/aromatic N) is 3. The summed E-state index contributed by atoms with van der Waals surface area (Å²) in [5.41, 5.74) is 16.0. The number of carbonyl (C=O) groups excluding carboxylic acids is 1. The van der Waals surface area contributed by atoms with Crippen molar-refractivity contribution < 1.29 is 9.53 Å². The van der Waals surface area contributed by atoms with Crippen molar-refractivity contribution in [3.63, 3.8) is 0 Å². The molecule has 1 aromatic carbocycles. The van der Waals surface area contributed by atoms with Gasteiger partial charge in [-0.3, -0.25) is 9.78 Å². The standard InChI is InChI=1S/C21H24N6O2/c1-12-11-24-7-6-14(12)18-17(25-20(22)26-18)13-4-5-16-15(10-13)27(8-9-29-16)19(28)21(2,3)23/h4-7,10-11H,8-9,23H2,1-3H3,(H3,22,25,26). The molecule has 0 saturated carbocycles. The summed E-state index contributed by atoms with van der Waals surface area (Å²) < 4.78 is 5.75. The molecule has 5 N–H and O–H groups in total. The minimum Gasteiger partial charge on any atom is -0.490 e. The smallest absolute Gasteiger partial charge is 0.246 e. The molecule has 150 valence electrons. The maximum Gasteiger partial charge on any atom is 0.246 e. The van der Waals surface area contributed by atoms with Gasteiger partial charge in [0.05, 0.1) is 29.2 Å². The number of nitrogens with one attached hydrogen (secondary N) is 1. The summed E-state index contributed by atoms with van der Waals surface area (Å²) in [4.78, 5) is 26.3. The van der Waals surface area contributed by atoms with Crippen molar-refractivity contribution >= 4 is 17.5 Å². The van der Waals surface area contributed by atoms with E-state index >= 15 is 0 Å². The normalized spacial score (nSPS) is 13.7. The van der Waals surface area contributed by atoms with Gasteiger partial charge >= 0.3 is 0 Å². The van der Waals surface area contributed by atoms with E-state index in [1.165, 1.54) is 0 Å². The quantitative estimate of drug-likeness (QED) is 0.629. The third-order valence-corrected chi connectivity index (χ3v) is 4.90. The lowest BCUT2D eigenvalue weighted by Gasteiger charge is -2.34. The molecule has 29 heavy (non-hydrogen) atoms. The van der Waals surface area contributed by atoms with Crippen LogP contribution in [0.4, 0.5) is 11.6 Å². The molecule has 0 fully saturated rings. The van der Waals surface area contributed by atoms with Crippen LogP contribution in [0.15, 0.2) is 36.7 Å². The molecule has 3 aromatic rings. The Bertz CT molecular complexity index is 1080. The van der Waals surface area contributed by atoms with Crippen LogP contribution in [0.5, 0.6) is 5.75 Å². The van der Waals surface area contributed by atoms with Crippen molar-refractivity contribution in [3.05, 3.63) is 42.2 Å². The van der Waals surface area contributed by atoms with Crippen molar-refractivity contribution in [3.8, 4) is 28.3 Å². The Balaban J connectivity index is 1.83. The van der Waals surface area contributed by atoms with E-state index in [0.717, 1.165) is 22.4 Å². The van der Waals surface area contributed by atoms with Gasteiger partial charge in [0, 0.05) is 23.5 Å². The summed E-state index contributed by atoms with van der Waals surface area (Å²) in [6.45, 7) is 6.24. The van der Waals surface area contributed by atoms with Crippen LogP contribution in [0.25, 0.3) is 22.5 Å². The summed E-state index contributed by atoms with van der Waals surface area (Å²) in [7, 11) is 0. The fourth-order valence-electron chi connectivity index (χ4n) is 3.47. The molecule has 1 aliphatic rings. The molecule has 0 saturated heterocycles. The largest absolute Gasteiger partial charge is 0.490 e. The van der Waals surface area contributed by atoms with Crippen LogP contribution in [0.1, 0.15) is 19.4 Å². The predicted molar refractivity (Wildman–Crippen MR) is 113 cm³/mol. The summed E-state index contributed by atoms with van der Waals surface area (Å²) in [5, 5.41) is 0. The minimum absolute atomic E-state index is 0.161. The van der Waals surface area contributed by atoms with Gasteiger partial charge in [0.2, 0.25) is 5.91 Å². The summed E-state index contributed by atoms with van der Waals surface area (Å²) in [6.07, 6.45) is 3.52. The highest BCUT2D eigenvalue weighted by molar-refractivity contribution is 6.01. The Labute approximate surface area is 168 Å². The second-order valence-electron chi connectivity index (χ2n) is 7.75. The van der Waals surface area contributed by atoms with Gasteiger partial charge in [0.1, 0.15) is 12.4 Å². The van der Waals surface area contributed by atoms with Crippen LogP contribution in [0.3, 0.4) is 0 Å². The van der Waals surface area contributed by atoms with Crippen molar-refractivity contribution in [1.29, 1.82) is 0 Å². The predicted octanol–water partition coefficient (Wildman–Crippen LogP) is 2.49. The van der Waals surface area contributed by atoms with E-state index in [-0.39, 0.29) is 5.91 Å². The molecule has 1 amide bonds. The average Bonchev–Trinajstić information content (AvgIpc) is 3.07. The maximum absolute atomic E-state index is 12.9. The number of fused-ring (bicyclic) bond motifs is 1. The van der Waals surface area contributed by atoms with Gasteiger partial charge in [0.15, 0.2) is 5.95 Å². The van der Waals surface area contributed by atoms with Crippen LogP contribution in [-0.4, -0.2) is 39.5 Å². The van der Waals surface area contributed by atoms with Gasteiger partial charge in [-0.1, -0.05) is 0 Å². The summed E-state index contributed by atoms with van der Waals surface area (Å²) >= 11 is 0. The second kappa shape index (κ2) is 6.89. The molecule has 2 aromatic heterocycles. The number of amides is 1. The topological polar surface area (TPSA) is 123 Å². The van der Waals surface area contributed by atoms with E-state index < -0.39 is 5.54 Å². The average molecular weight is 392 g/mol. The van der Waals surface area contributed by atoms with E-state index in [9.17, 15) is 4.79 Å². The fourth-order valence-corrected chi connectivity index (χ4v) is 3.47. The molecular weight excluding hydrogens is 368 g/mol. The monoisotopic (exact) mass is 392 g/mol. The summed E-state index contributed by atoms with van der Waals surface area (Å²) in [5.74, 6) is 0.796. The third kappa shape index (κ3) is 3.42. The number of ether oxygens (including phenoxy) is 1. The molecule has 8 nitrogen and oxygen atoms in total. The molecule has 0 atom stereocenters. The van der Waals surface area contributed by atoms with E-state index in [1.807, 2.05) is 31.2 Å². The number of aromatic nitrogens is 3. The molecule has 8 heteroatoms. The lowest BCUT2D eigenvalue weighted by molar-refractivity contribution is -0.122. The number of hydrogen-bond acceptors (Lipinski definition) is 6. The minimum atomic E-state index is -0.985. The number of benzene rings is 1. The van der Waals surface area contributed by atoms with E-state index in [1.54, 1.807) is 31.1 Å². The van der Waals surface area contributed by atoms with Gasteiger partial charge in [-0.05, 0) is 50.6 Å². The van der Waals surface area contributed by atoms with Crippen molar-refractivity contribution in [2.24, 2.45) is 5.73 Å². The van der Waals surface area contributed by atoms with E-state index in [4.69, 9.17) is 16.2 Å². The number of carbonyl (C=O) groups is 1. The first-order chi connectivity index (χ1) is 13.8. The lowest BCUT2D eigenvalue weighted by Crippen LogP contribution is -2.53. The van der Waals surface area contributed by atoms with Gasteiger partial charge in [0.25, 0.3) is 0 Å². The maximum atomic E-state index is 12.9. The Hall–Kier alpha value is -3.39. The summed E-state index contributed by atoms with van der Waals surface area (Å²) in [6, 6.07) is 7.57. The first-order valence-electron chi connectivity index (χ1n) is 9.40. The number of hydrogen-bond donors (Lipinski definition) is 3. The highest BCUT2D eigenvalue weighted by atomic mass is 16.5. The third-order valence-electron chi connectivity index (χ3n) is 4.90. The number of H-pyrrole nitrogens is 1. The number of aryl methyl sites for hydroxylation is 1.